The Morgan fingerprint density at radius 1 is 1.26 bits per heavy atom. The summed E-state index contributed by atoms with van der Waals surface area (Å²) in [5, 5.41) is 28.7. The van der Waals surface area contributed by atoms with E-state index < -0.39 is 5.97 Å². The fraction of sp³-hybridized carbons (Fsp3) is 0.375. The Morgan fingerprint density at radius 3 is 2.57 bits per heavy atom. The number of benzene rings is 1. The van der Waals surface area contributed by atoms with Gasteiger partial charge in [0.2, 0.25) is 0 Å². The predicted octanol–water partition coefficient (Wildman–Crippen LogP) is 3.19. The molecule has 118 valence electrons. The molecule has 1 fully saturated rings. The lowest BCUT2D eigenvalue weighted by Crippen LogP contribution is -2.15. The number of aromatic nitrogens is 3. The topological polar surface area (TPSA) is 103 Å². The highest BCUT2D eigenvalue weighted by Crippen LogP contribution is 2.39. The van der Waals surface area contributed by atoms with E-state index in [0.717, 1.165) is 25.7 Å². The van der Waals surface area contributed by atoms with Gasteiger partial charge in [-0.2, -0.15) is 5.26 Å². The van der Waals surface area contributed by atoms with E-state index in [4.69, 9.17) is 10.4 Å². The first kappa shape index (κ1) is 15.6. The van der Waals surface area contributed by atoms with Crippen LogP contribution in [0.25, 0.3) is 0 Å². The van der Waals surface area contributed by atoms with Crippen molar-refractivity contribution in [1.29, 1.82) is 5.26 Å². The van der Waals surface area contributed by atoms with Crippen LogP contribution >= 0.6 is 11.8 Å². The van der Waals surface area contributed by atoms with E-state index >= 15 is 0 Å². The molecule has 1 aromatic carbocycles. The summed E-state index contributed by atoms with van der Waals surface area (Å²) in [5.41, 5.74) is 2.04. The van der Waals surface area contributed by atoms with Gasteiger partial charge in [-0.05, 0) is 49.3 Å². The quantitative estimate of drug-likeness (QED) is 0.893. The zero-order valence-electron chi connectivity index (χ0n) is 12.4. The average molecular weight is 328 g/mol. The molecule has 0 spiro atoms. The molecule has 1 saturated carbocycles. The van der Waals surface area contributed by atoms with E-state index in [2.05, 4.69) is 21.5 Å². The van der Waals surface area contributed by atoms with Gasteiger partial charge in [-0.1, -0.05) is 29.1 Å². The van der Waals surface area contributed by atoms with E-state index in [1.165, 1.54) is 17.3 Å². The van der Waals surface area contributed by atoms with Crippen LogP contribution in [0.1, 0.15) is 53.2 Å². The minimum Gasteiger partial charge on any atom is -0.476 e. The molecule has 1 heterocycles. The Kier molecular flexibility index (Phi) is 4.63. The molecule has 0 aliphatic heterocycles. The van der Waals surface area contributed by atoms with Crippen LogP contribution in [0.5, 0.6) is 0 Å². The largest absolute Gasteiger partial charge is 0.476 e. The first-order valence-corrected chi connectivity index (χ1v) is 8.36. The van der Waals surface area contributed by atoms with E-state index in [1.54, 1.807) is 0 Å². The van der Waals surface area contributed by atoms with Gasteiger partial charge in [0.05, 0.1) is 11.6 Å². The van der Waals surface area contributed by atoms with Crippen molar-refractivity contribution in [2.24, 2.45) is 0 Å². The number of carboxylic acids is 1. The first-order valence-electron chi connectivity index (χ1n) is 7.48. The van der Waals surface area contributed by atoms with Crippen LogP contribution < -0.4 is 0 Å². The maximum absolute atomic E-state index is 11.1. The number of aromatic amines is 1. The van der Waals surface area contributed by atoms with Crippen LogP contribution in [0.3, 0.4) is 0 Å². The summed E-state index contributed by atoms with van der Waals surface area (Å²) in [5.74, 6) is -0.514. The Balaban J connectivity index is 1.59. The number of hydrogen-bond acceptors (Lipinski definition) is 5. The van der Waals surface area contributed by atoms with E-state index in [-0.39, 0.29) is 5.69 Å². The lowest BCUT2D eigenvalue weighted by molar-refractivity contribution is 0.0686. The summed E-state index contributed by atoms with van der Waals surface area (Å²) in [4.78, 5) is 11.1. The minimum absolute atomic E-state index is 0.0733. The van der Waals surface area contributed by atoms with Gasteiger partial charge in [-0.15, -0.1) is 5.10 Å². The summed E-state index contributed by atoms with van der Waals surface area (Å²) >= 11 is 1.50. The van der Waals surface area contributed by atoms with Crippen molar-refractivity contribution in [3.63, 3.8) is 0 Å². The van der Waals surface area contributed by atoms with Gasteiger partial charge in [0, 0.05) is 5.25 Å². The highest BCUT2D eigenvalue weighted by molar-refractivity contribution is 7.99. The minimum atomic E-state index is -1.02. The normalized spacial score (nSPS) is 20.8. The van der Waals surface area contributed by atoms with Crippen molar-refractivity contribution in [2.45, 2.75) is 41.9 Å². The van der Waals surface area contributed by atoms with Crippen molar-refractivity contribution >= 4 is 17.7 Å². The Morgan fingerprint density at radius 2 is 1.96 bits per heavy atom. The number of carboxylic acid groups (broad SMARTS) is 1. The molecule has 0 bridgehead atoms. The van der Waals surface area contributed by atoms with Crippen LogP contribution in [-0.4, -0.2) is 31.7 Å². The lowest BCUT2D eigenvalue weighted by atomic mass is 9.83. The lowest BCUT2D eigenvalue weighted by Gasteiger charge is -2.28. The second kappa shape index (κ2) is 6.84. The number of hydrogen-bond donors (Lipinski definition) is 2. The molecule has 1 aromatic heterocycles. The van der Waals surface area contributed by atoms with Gasteiger partial charge in [-0.25, -0.2) is 4.79 Å². The van der Waals surface area contributed by atoms with Crippen molar-refractivity contribution < 1.29 is 9.90 Å². The van der Waals surface area contributed by atoms with Crippen molar-refractivity contribution in [1.82, 2.24) is 15.4 Å². The predicted molar refractivity (Wildman–Crippen MR) is 85.4 cm³/mol. The number of H-pyrrole nitrogens is 1. The van der Waals surface area contributed by atoms with Crippen LogP contribution in [0.4, 0.5) is 0 Å². The van der Waals surface area contributed by atoms with E-state index in [0.29, 0.717) is 21.8 Å². The van der Waals surface area contributed by atoms with E-state index in [9.17, 15) is 4.79 Å². The summed E-state index contributed by atoms with van der Waals surface area (Å²) in [6.45, 7) is 0. The molecule has 0 radical (unpaired) electrons. The molecule has 2 N–H and O–H groups in total. The molecule has 2 aromatic rings. The number of nitrogens with one attached hydrogen (secondary N) is 1. The van der Waals surface area contributed by atoms with Crippen molar-refractivity contribution in [3.05, 3.63) is 41.1 Å². The summed E-state index contributed by atoms with van der Waals surface area (Å²) in [6.07, 6.45) is 4.15. The third-order valence-electron chi connectivity index (χ3n) is 4.19. The molecule has 6 nitrogen and oxygen atoms in total. The van der Waals surface area contributed by atoms with Crippen LogP contribution in [0, 0.1) is 11.3 Å². The van der Waals surface area contributed by atoms with Crippen molar-refractivity contribution in [3.8, 4) is 6.07 Å². The third kappa shape index (κ3) is 3.54. The standard InChI is InChI=1S/C16H16N4O2S/c17-9-10-1-3-11(4-2-10)12-5-7-13(8-6-12)23-15-14(16(21)22)18-20-19-15/h1-4,12-13H,5-8H2,(H,21,22)(H,18,19,20)/t12-,13+. The second-order valence-electron chi connectivity index (χ2n) is 5.62. The molecule has 7 heteroatoms. The Bertz CT molecular complexity index is 727. The maximum Gasteiger partial charge on any atom is 0.356 e. The molecule has 1 aliphatic rings. The van der Waals surface area contributed by atoms with Gasteiger partial charge in [-0.3, -0.25) is 5.10 Å². The SMILES string of the molecule is N#Cc1ccc([C@H]2CC[C@@H](Sc3nn[nH]c3C(=O)O)CC2)cc1. The number of rotatable bonds is 4. The number of carbonyl (C=O) groups is 1. The van der Waals surface area contributed by atoms with Crippen LogP contribution in [0.2, 0.25) is 0 Å². The average Bonchev–Trinajstić information content (AvgIpc) is 3.04. The van der Waals surface area contributed by atoms with Gasteiger partial charge < -0.3 is 5.11 Å². The molecule has 0 amide bonds. The number of thioether (sulfide) groups is 1. The summed E-state index contributed by atoms with van der Waals surface area (Å²) < 4.78 is 0. The van der Waals surface area contributed by atoms with Gasteiger partial charge >= 0.3 is 5.97 Å². The zero-order valence-corrected chi connectivity index (χ0v) is 13.2. The Hall–Kier alpha value is -2.33. The third-order valence-corrected chi connectivity index (χ3v) is 5.51. The molecule has 1 aliphatic carbocycles. The summed E-state index contributed by atoms with van der Waals surface area (Å²) in [6, 6.07) is 9.94. The fourth-order valence-corrected chi connectivity index (χ4v) is 4.10. The molecule has 0 atom stereocenters. The van der Waals surface area contributed by atoms with Crippen LogP contribution in [0.15, 0.2) is 29.3 Å². The first-order chi connectivity index (χ1) is 11.2. The van der Waals surface area contributed by atoms with E-state index in [1.807, 2.05) is 24.3 Å². The second-order valence-corrected chi connectivity index (χ2v) is 6.91. The number of nitriles is 1. The molecule has 0 unspecified atom stereocenters. The maximum atomic E-state index is 11.1. The molecule has 0 saturated heterocycles. The fourth-order valence-electron chi connectivity index (χ4n) is 2.94. The smallest absolute Gasteiger partial charge is 0.356 e. The molecular formula is C16H16N4O2S. The number of nitrogens with zero attached hydrogens (tertiary/aromatic N) is 3. The zero-order chi connectivity index (χ0) is 16.2. The monoisotopic (exact) mass is 328 g/mol. The highest BCUT2D eigenvalue weighted by Gasteiger charge is 2.26. The number of aromatic carboxylic acids is 1. The van der Waals surface area contributed by atoms with Gasteiger partial charge in [0.15, 0.2) is 10.7 Å². The van der Waals surface area contributed by atoms with Crippen LogP contribution in [-0.2, 0) is 0 Å². The highest BCUT2D eigenvalue weighted by atomic mass is 32.2. The van der Waals surface area contributed by atoms with Gasteiger partial charge in [0.1, 0.15) is 0 Å². The van der Waals surface area contributed by atoms with Gasteiger partial charge in [0.25, 0.3) is 0 Å². The summed E-state index contributed by atoms with van der Waals surface area (Å²) in [7, 11) is 0. The molecular weight excluding hydrogens is 312 g/mol. The molecule has 3 rings (SSSR count). The van der Waals surface area contributed by atoms with Crippen molar-refractivity contribution in [2.75, 3.05) is 0 Å². The Labute approximate surface area is 137 Å². The molecule has 23 heavy (non-hydrogen) atoms.